The Morgan fingerprint density at radius 1 is 1.07 bits per heavy atom. The molecule has 9 nitrogen and oxygen atoms in total. The second-order valence-electron chi connectivity index (χ2n) is 6.37. The first kappa shape index (κ1) is 22.3. The lowest BCUT2D eigenvalue weighted by molar-refractivity contribution is -0.384. The van der Waals surface area contributed by atoms with Gasteiger partial charge in [-0.05, 0) is 61.9 Å². The molecular weight excluding hydrogens is 392 g/mol. The minimum Gasteiger partial charge on any atom is -0.459 e. The van der Waals surface area contributed by atoms with Crippen molar-refractivity contribution < 1.29 is 28.8 Å². The van der Waals surface area contributed by atoms with Gasteiger partial charge in [0.05, 0.1) is 16.6 Å². The van der Waals surface area contributed by atoms with E-state index in [0.717, 1.165) is 6.08 Å². The quantitative estimate of drug-likeness (QED) is 0.305. The number of benzene rings is 2. The number of anilines is 1. The van der Waals surface area contributed by atoms with Crippen molar-refractivity contribution in [2.45, 2.75) is 20.0 Å². The minimum absolute atomic E-state index is 0.0590. The number of nitrogens with one attached hydrogen (secondary N) is 1. The summed E-state index contributed by atoms with van der Waals surface area (Å²) in [5.41, 5.74) is 1.29. The molecule has 2 aromatic rings. The van der Waals surface area contributed by atoms with E-state index in [2.05, 4.69) is 5.32 Å². The van der Waals surface area contributed by atoms with Crippen LogP contribution in [0.1, 0.15) is 29.8 Å². The van der Waals surface area contributed by atoms with Gasteiger partial charge in [0.25, 0.3) is 11.6 Å². The first-order chi connectivity index (χ1) is 14.2. The summed E-state index contributed by atoms with van der Waals surface area (Å²) in [4.78, 5) is 45.4. The van der Waals surface area contributed by atoms with Gasteiger partial charge in [0.2, 0.25) is 0 Å². The number of nitrogens with zero attached hydrogens (tertiary/aromatic N) is 1. The van der Waals surface area contributed by atoms with Gasteiger partial charge in [-0.3, -0.25) is 14.9 Å². The lowest BCUT2D eigenvalue weighted by atomic mass is 10.2. The number of non-ortho nitro benzene ring substituents is 1. The summed E-state index contributed by atoms with van der Waals surface area (Å²) < 4.78 is 9.92. The minimum atomic E-state index is -0.740. The third-order valence-corrected chi connectivity index (χ3v) is 3.61. The maximum atomic E-state index is 11.9. The van der Waals surface area contributed by atoms with E-state index in [4.69, 9.17) is 9.47 Å². The number of amides is 1. The Labute approximate surface area is 172 Å². The molecular formula is C21H20N2O7. The van der Waals surface area contributed by atoms with E-state index in [9.17, 15) is 24.5 Å². The fraction of sp³-hybridized carbons (Fsp3) is 0.190. The van der Waals surface area contributed by atoms with Crippen molar-refractivity contribution in [1.82, 2.24) is 0 Å². The molecule has 0 fully saturated rings. The maximum Gasteiger partial charge on any atom is 0.338 e. The van der Waals surface area contributed by atoms with Crippen molar-refractivity contribution in [3.8, 4) is 0 Å². The summed E-state index contributed by atoms with van der Waals surface area (Å²) in [5.74, 6) is -1.75. The fourth-order valence-electron chi connectivity index (χ4n) is 2.23. The van der Waals surface area contributed by atoms with Crippen LogP contribution in [-0.4, -0.2) is 35.5 Å². The molecule has 1 amide bonds. The van der Waals surface area contributed by atoms with Crippen molar-refractivity contribution in [3.05, 3.63) is 75.8 Å². The van der Waals surface area contributed by atoms with E-state index in [1.807, 2.05) is 0 Å². The molecule has 30 heavy (non-hydrogen) atoms. The highest BCUT2D eigenvalue weighted by Gasteiger charge is 2.10. The van der Waals surface area contributed by atoms with Crippen LogP contribution in [0.5, 0.6) is 0 Å². The summed E-state index contributed by atoms with van der Waals surface area (Å²) in [5, 5.41) is 13.1. The van der Waals surface area contributed by atoms with Gasteiger partial charge < -0.3 is 14.8 Å². The molecule has 0 saturated carbocycles. The Hall–Kier alpha value is -4.01. The van der Waals surface area contributed by atoms with Crippen LogP contribution in [-0.2, 0) is 19.1 Å². The second kappa shape index (κ2) is 10.5. The van der Waals surface area contributed by atoms with Crippen molar-refractivity contribution in [2.24, 2.45) is 0 Å². The molecule has 1 N–H and O–H groups in total. The number of nitro benzene ring substituents is 1. The van der Waals surface area contributed by atoms with Crippen molar-refractivity contribution >= 4 is 35.3 Å². The Bertz CT molecular complexity index is 948. The zero-order valence-electron chi connectivity index (χ0n) is 16.4. The standard InChI is InChI=1S/C21H20N2O7/c1-14(2)30-21(26)16-6-8-17(9-7-16)22-19(24)13-29-20(25)12-5-15-3-10-18(11-4-15)23(27)28/h3-12,14H,13H2,1-2H3,(H,22,24)/b12-5+. The zero-order valence-corrected chi connectivity index (χ0v) is 16.4. The molecule has 0 unspecified atom stereocenters. The van der Waals surface area contributed by atoms with E-state index in [-0.39, 0.29) is 11.8 Å². The molecule has 156 valence electrons. The van der Waals surface area contributed by atoms with Crippen LogP contribution < -0.4 is 5.32 Å². The molecule has 0 heterocycles. The van der Waals surface area contributed by atoms with Crippen LogP contribution in [0.25, 0.3) is 6.08 Å². The molecule has 2 rings (SSSR count). The third-order valence-electron chi connectivity index (χ3n) is 3.61. The lowest BCUT2D eigenvalue weighted by Gasteiger charge is -2.09. The first-order valence-electron chi connectivity index (χ1n) is 8.95. The van der Waals surface area contributed by atoms with E-state index in [1.165, 1.54) is 54.6 Å². The first-order valence-corrected chi connectivity index (χ1v) is 8.95. The van der Waals surface area contributed by atoms with Gasteiger partial charge in [0, 0.05) is 23.9 Å². The SMILES string of the molecule is CC(C)OC(=O)c1ccc(NC(=O)COC(=O)/C=C/c2ccc([N+](=O)[O-])cc2)cc1. The normalized spacial score (nSPS) is 10.6. The molecule has 2 aromatic carbocycles. The van der Waals surface area contributed by atoms with Gasteiger partial charge in [-0.15, -0.1) is 0 Å². The molecule has 9 heteroatoms. The molecule has 0 aliphatic carbocycles. The Morgan fingerprint density at radius 3 is 2.27 bits per heavy atom. The van der Waals surface area contributed by atoms with E-state index >= 15 is 0 Å². The Morgan fingerprint density at radius 2 is 1.70 bits per heavy atom. The van der Waals surface area contributed by atoms with Crippen molar-refractivity contribution in [1.29, 1.82) is 0 Å². The highest BCUT2D eigenvalue weighted by Crippen LogP contribution is 2.13. The van der Waals surface area contributed by atoms with Crippen molar-refractivity contribution in [3.63, 3.8) is 0 Å². The molecule has 0 aromatic heterocycles. The van der Waals surface area contributed by atoms with E-state index in [1.54, 1.807) is 13.8 Å². The molecule has 0 radical (unpaired) electrons. The van der Waals surface area contributed by atoms with Gasteiger partial charge >= 0.3 is 11.9 Å². The monoisotopic (exact) mass is 412 g/mol. The number of esters is 2. The molecule has 0 atom stereocenters. The summed E-state index contributed by atoms with van der Waals surface area (Å²) in [6, 6.07) is 11.7. The summed E-state index contributed by atoms with van der Waals surface area (Å²) >= 11 is 0. The van der Waals surface area contributed by atoms with Gasteiger partial charge in [0.1, 0.15) is 0 Å². The van der Waals surface area contributed by atoms with E-state index < -0.39 is 29.4 Å². The highest BCUT2D eigenvalue weighted by molar-refractivity contribution is 5.95. The average Bonchev–Trinajstić information content (AvgIpc) is 2.71. The van der Waals surface area contributed by atoms with Crippen LogP contribution in [0.4, 0.5) is 11.4 Å². The smallest absolute Gasteiger partial charge is 0.338 e. The Kier molecular flexibility index (Phi) is 7.81. The number of ether oxygens (including phenoxy) is 2. The van der Waals surface area contributed by atoms with Crippen LogP contribution in [0.2, 0.25) is 0 Å². The van der Waals surface area contributed by atoms with Crippen molar-refractivity contribution in [2.75, 3.05) is 11.9 Å². The summed E-state index contributed by atoms with van der Waals surface area (Å²) in [6.45, 7) is 2.99. The Balaban J connectivity index is 1.80. The largest absolute Gasteiger partial charge is 0.459 e. The number of carbonyl (C=O) groups excluding carboxylic acids is 3. The number of hydrogen-bond donors (Lipinski definition) is 1. The van der Waals surface area contributed by atoms with Gasteiger partial charge in [-0.2, -0.15) is 0 Å². The van der Waals surface area contributed by atoms with Crippen LogP contribution >= 0.6 is 0 Å². The lowest BCUT2D eigenvalue weighted by Crippen LogP contribution is -2.20. The molecule has 0 bridgehead atoms. The van der Waals surface area contributed by atoms with E-state index in [0.29, 0.717) is 16.8 Å². The predicted octanol–water partition coefficient (Wildman–Crippen LogP) is 3.36. The molecule has 0 aliphatic rings. The van der Waals surface area contributed by atoms with Crippen LogP contribution in [0, 0.1) is 10.1 Å². The number of rotatable bonds is 8. The highest BCUT2D eigenvalue weighted by atomic mass is 16.6. The fourth-order valence-corrected chi connectivity index (χ4v) is 2.23. The molecule has 0 saturated heterocycles. The summed E-state index contributed by atoms with van der Waals surface area (Å²) in [6.07, 6.45) is 2.30. The maximum absolute atomic E-state index is 11.9. The van der Waals surface area contributed by atoms with Gasteiger partial charge in [-0.1, -0.05) is 0 Å². The summed E-state index contributed by atoms with van der Waals surface area (Å²) in [7, 11) is 0. The number of nitro groups is 1. The topological polar surface area (TPSA) is 125 Å². The van der Waals surface area contributed by atoms with Crippen LogP contribution in [0.3, 0.4) is 0 Å². The van der Waals surface area contributed by atoms with Gasteiger partial charge in [-0.25, -0.2) is 9.59 Å². The van der Waals surface area contributed by atoms with Gasteiger partial charge in [0.15, 0.2) is 6.61 Å². The number of carbonyl (C=O) groups is 3. The average molecular weight is 412 g/mol. The van der Waals surface area contributed by atoms with Crippen LogP contribution in [0.15, 0.2) is 54.6 Å². The molecule has 0 aliphatic heterocycles. The number of hydrogen-bond acceptors (Lipinski definition) is 7. The third kappa shape index (κ3) is 7.19. The molecule has 0 spiro atoms. The second-order valence-corrected chi connectivity index (χ2v) is 6.37. The predicted molar refractivity (Wildman–Crippen MR) is 109 cm³/mol. The zero-order chi connectivity index (χ0) is 22.1.